The molecule has 1 saturated heterocycles. The molecule has 0 aliphatic carbocycles. The number of carbonyl (C=O) groups excluding carboxylic acids is 1. The second-order valence-electron chi connectivity index (χ2n) is 8.59. The number of urea groups is 1. The van der Waals surface area contributed by atoms with Crippen molar-refractivity contribution in [1.82, 2.24) is 19.7 Å². The van der Waals surface area contributed by atoms with Crippen molar-refractivity contribution in [3.8, 4) is 0 Å². The molecule has 8 heteroatoms. The Kier molecular flexibility index (Phi) is 5.73. The normalized spacial score (nSPS) is 16.2. The highest BCUT2D eigenvalue weighted by Gasteiger charge is 2.25. The molecule has 3 N–H and O–H groups in total. The zero-order chi connectivity index (χ0) is 22.8. The van der Waals surface area contributed by atoms with E-state index in [-0.39, 0.29) is 6.03 Å². The molecule has 0 bridgehead atoms. The van der Waals surface area contributed by atoms with Gasteiger partial charge in [0.05, 0.1) is 5.69 Å². The van der Waals surface area contributed by atoms with Gasteiger partial charge in [-0.05, 0) is 48.6 Å². The Morgan fingerprint density at radius 3 is 2.97 bits per heavy atom. The largest absolute Gasteiger partial charge is 0.370 e. The smallest absolute Gasteiger partial charge is 0.324 e. The van der Waals surface area contributed by atoms with Crippen LogP contribution in [-0.2, 0) is 13.5 Å². The van der Waals surface area contributed by atoms with Crippen molar-refractivity contribution in [3.05, 3.63) is 66.1 Å². The molecule has 3 aromatic heterocycles. The molecule has 1 aromatic carbocycles. The Bertz CT molecular complexity index is 1270. The van der Waals surface area contributed by atoms with Crippen molar-refractivity contribution in [2.45, 2.75) is 32.1 Å². The van der Waals surface area contributed by atoms with E-state index in [1.54, 1.807) is 16.9 Å². The summed E-state index contributed by atoms with van der Waals surface area (Å²) in [5.74, 6) is 0.917. The van der Waals surface area contributed by atoms with E-state index < -0.39 is 0 Å². The third-order valence-corrected chi connectivity index (χ3v) is 6.32. The van der Waals surface area contributed by atoms with E-state index in [0.717, 1.165) is 43.7 Å². The first-order chi connectivity index (χ1) is 16.1. The zero-order valence-corrected chi connectivity index (χ0v) is 19.0. The molecule has 2 amide bonds. The quantitative estimate of drug-likeness (QED) is 0.410. The lowest BCUT2D eigenvalue weighted by Crippen LogP contribution is -2.35. The number of anilines is 3. The Balaban J connectivity index is 1.33. The summed E-state index contributed by atoms with van der Waals surface area (Å²) >= 11 is 0. The van der Waals surface area contributed by atoms with Crippen LogP contribution in [-0.4, -0.2) is 38.9 Å². The third kappa shape index (κ3) is 4.41. The Morgan fingerprint density at radius 2 is 2.15 bits per heavy atom. The van der Waals surface area contributed by atoms with Gasteiger partial charge in [0, 0.05) is 61.8 Å². The Hall–Kier alpha value is -3.81. The van der Waals surface area contributed by atoms with E-state index >= 15 is 0 Å². The second kappa shape index (κ2) is 8.97. The van der Waals surface area contributed by atoms with Crippen LogP contribution < -0.4 is 15.5 Å². The van der Waals surface area contributed by atoms with Crippen molar-refractivity contribution in [2.24, 2.45) is 7.05 Å². The summed E-state index contributed by atoms with van der Waals surface area (Å²) in [6, 6.07) is 11.8. The topological polar surface area (TPSA) is 90.9 Å². The van der Waals surface area contributed by atoms with Gasteiger partial charge in [0.1, 0.15) is 5.65 Å². The number of hydrogen-bond acceptors (Lipinski definition) is 4. The summed E-state index contributed by atoms with van der Waals surface area (Å²) in [4.78, 5) is 22.7. The molecule has 1 unspecified atom stereocenters. The molecule has 8 nitrogen and oxygen atoms in total. The SMILES string of the molecule is CCc1cnc2[nH]ccc2c1N1CCCC(c2cccc(NC(=O)Nc3ccn(C)n3)c2)C1. The van der Waals surface area contributed by atoms with Crippen molar-refractivity contribution in [3.63, 3.8) is 0 Å². The van der Waals surface area contributed by atoms with Crippen LogP contribution in [0, 0.1) is 0 Å². The molecule has 1 aliphatic heterocycles. The molecule has 170 valence electrons. The number of rotatable bonds is 5. The number of aromatic nitrogens is 4. The lowest BCUT2D eigenvalue weighted by Gasteiger charge is -2.36. The number of nitrogens with one attached hydrogen (secondary N) is 3. The minimum Gasteiger partial charge on any atom is -0.370 e. The standard InChI is InChI=1S/C25H29N7O/c1-3-17-15-27-24-21(9-11-26-24)23(17)32-12-5-7-19(16-32)18-6-4-8-20(14-18)28-25(33)29-22-10-13-31(2)30-22/h4,6,8-11,13-15,19H,3,5,7,12,16H2,1-2H3,(H,26,27)(H2,28,29,30,33). The molecule has 33 heavy (non-hydrogen) atoms. The number of fused-ring (bicyclic) bond motifs is 1. The maximum absolute atomic E-state index is 12.4. The Labute approximate surface area is 193 Å². The number of aromatic amines is 1. The molecular weight excluding hydrogens is 414 g/mol. The third-order valence-electron chi connectivity index (χ3n) is 6.32. The molecule has 4 heterocycles. The summed E-state index contributed by atoms with van der Waals surface area (Å²) in [6.45, 7) is 4.17. The van der Waals surface area contributed by atoms with E-state index in [0.29, 0.717) is 11.7 Å². The summed E-state index contributed by atoms with van der Waals surface area (Å²) in [6.07, 6.45) is 8.97. The van der Waals surface area contributed by atoms with Crippen LogP contribution in [0.5, 0.6) is 0 Å². The summed E-state index contributed by atoms with van der Waals surface area (Å²) in [5.41, 5.74) is 5.55. The summed E-state index contributed by atoms with van der Waals surface area (Å²) < 4.78 is 1.65. The van der Waals surface area contributed by atoms with Gasteiger partial charge in [-0.2, -0.15) is 5.10 Å². The molecule has 4 aromatic rings. The fraction of sp³-hybridized carbons (Fsp3) is 0.320. The first-order valence-electron chi connectivity index (χ1n) is 11.5. The number of aryl methyl sites for hydroxylation is 2. The van der Waals surface area contributed by atoms with E-state index in [2.05, 4.69) is 55.7 Å². The van der Waals surface area contributed by atoms with Crippen LogP contribution in [0.2, 0.25) is 0 Å². The van der Waals surface area contributed by atoms with Crippen LogP contribution in [0.15, 0.2) is 55.0 Å². The first kappa shape index (κ1) is 21.1. The predicted octanol–water partition coefficient (Wildman–Crippen LogP) is 4.89. The minimum atomic E-state index is -0.296. The van der Waals surface area contributed by atoms with Crippen LogP contribution in [0.1, 0.15) is 36.8 Å². The van der Waals surface area contributed by atoms with E-state index in [9.17, 15) is 4.79 Å². The van der Waals surface area contributed by atoms with Gasteiger partial charge in [0.2, 0.25) is 0 Å². The number of H-pyrrole nitrogens is 1. The van der Waals surface area contributed by atoms with E-state index in [4.69, 9.17) is 0 Å². The van der Waals surface area contributed by atoms with Crippen molar-refractivity contribution < 1.29 is 4.79 Å². The second-order valence-corrected chi connectivity index (χ2v) is 8.59. The van der Waals surface area contributed by atoms with Crippen LogP contribution >= 0.6 is 0 Å². The number of amides is 2. The highest BCUT2D eigenvalue weighted by Crippen LogP contribution is 2.36. The molecule has 5 rings (SSSR count). The minimum absolute atomic E-state index is 0.296. The molecular formula is C25H29N7O. The van der Waals surface area contributed by atoms with Crippen molar-refractivity contribution >= 4 is 34.3 Å². The number of carbonyl (C=O) groups is 1. The fourth-order valence-corrected chi connectivity index (χ4v) is 4.75. The van der Waals surface area contributed by atoms with Gasteiger partial charge < -0.3 is 15.2 Å². The monoisotopic (exact) mass is 443 g/mol. The molecule has 0 spiro atoms. The first-order valence-corrected chi connectivity index (χ1v) is 11.5. The molecule has 0 saturated carbocycles. The summed E-state index contributed by atoms with van der Waals surface area (Å²) in [5, 5.41) is 11.1. The van der Waals surface area contributed by atoms with Gasteiger partial charge in [-0.15, -0.1) is 0 Å². The van der Waals surface area contributed by atoms with Gasteiger partial charge >= 0.3 is 6.03 Å². The predicted molar refractivity (Wildman–Crippen MR) is 132 cm³/mol. The molecule has 1 atom stereocenters. The lowest BCUT2D eigenvalue weighted by molar-refractivity contribution is 0.262. The van der Waals surface area contributed by atoms with Gasteiger partial charge in [-0.3, -0.25) is 10.00 Å². The van der Waals surface area contributed by atoms with Crippen LogP contribution in [0.25, 0.3) is 11.0 Å². The number of piperidine rings is 1. The number of benzene rings is 1. The maximum atomic E-state index is 12.4. The van der Waals surface area contributed by atoms with Crippen molar-refractivity contribution in [2.75, 3.05) is 28.6 Å². The summed E-state index contributed by atoms with van der Waals surface area (Å²) in [7, 11) is 1.82. The van der Waals surface area contributed by atoms with Gasteiger partial charge in [-0.25, -0.2) is 9.78 Å². The van der Waals surface area contributed by atoms with Crippen LogP contribution in [0.4, 0.5) is 22.0 Å². The van der Waals surface area contributed by atoms with Gasteiger partial charge in [-0.1, -0.05) is 19.1 Å². The number of nitrogens with zero attached hydrogens (tertiary/aromatic N) is 4. The van der Waals surface area contributed by atoms with Crippen molar-refractivity contribution in [1.29, 1.82) is 0 Å². The van der Waals surface area contributed by atoms with E-state index in [1.165, 1.54) is 22.2 Å². The van der Waals surface area contributed by atoms with Gasteiger partial charge in [0.25, 0.3) is 0 Å². The highest BCUT2D eigenvalue weighted by atomic mass is 16.2. The number of pyridine rings is 1. The lowest BCUT2D eigenvalue weighted by atomic mass is 9.89. The van der Waals surface area contributed by atoms with Gasteiger partial charge in [0.15, 0.2) is 5.82 Å². The fourth-order valence-electron chi connectivity index (χ4n) is 4.75. The highest BCUT2D eigenvalue weighted by molar-refractivity contribution is 5.99. The Morgan fingerprint density at radius 1 is 1.24 bits per heavy atom. The zero-order valence-electron chi connectivity index (χ0n) is 19.0. The number of hydrogen-bond donors (Lipinski definition) is 3. The molecule has 1 fully saturated rings. The molecule has 1 aliphatic rings. The van der Waals surface area contributed by atoms with Crippen LogP contribution in [0.3, 0.4) is 0 Å². The van der Waals surface area contributed by atoms with E-state index in [1.807, 2.05) is 31.6 Å². The molecule has 0 radical (unpaired) electrons. The average molecular weight is 444 g/mol. The maximum Gasteiger partial charge on any atom is 0.324 e. The average Bonchev–Trinajstić information content (AvgIpc) is 3.47.